The Morgan fingerprint density at radius 3 is 3.00 bits per heavy atom. The molecule has 4 nitrogen and oxygen atoms in total. The Morgan fingerprint density at radius 1 is 1.29 bits per heavy atom. The molecule has 0 saturated carbocycles. The van der Waals surface area contributed by atoms with Crippen molar-refractivity contribution >= 4 is 16.8 Å². The lowest BCUT2D eigenvalue weighted by Crippen LogP contribution is -2.51. The summed E-state index contributed by atoms with van der Waals surface area (Å²) in [5.41, 5.74) is 2.86. The molecule has 122 valence electrons. The van der Waals surface area contributed by atoms with Crippen LogP contribution in [0.15, 0.2) is 48.8 Å². The summed E-state index contributed by atoms with van der Waals surface area (Å²) in [5, 5.41) is 1.17. The van der Waals surface area contributed by atoms with Gasteiger partial charge in [0.15, 0.2) is 0 Å². The van der Waals surface area contributed by atoms with Crippen LogP contribution in [0.5, 0.6) is 0 Å². The number of carbonyl (C=O) groups is 1. The molecule has 0 radical (unpaired) electrons. The lowest BCUT2D eigenvalue weighted by atomic mass is 9.93. The Hall–Kier alpha value is -2.69. The first-order chi connectivity index (χ1) is 11.7. The zero-order chi connectivity index (χ0) is 16.5. The molecular weight excluding hydrogens is 305 g/mol. The first kappa shape index (κ1) is 14.9. The molecule has 0 aliphatic carbocycles. The molecule has 0 unspecified atom stereocenters. The number of hydrogen-bond donors (Lipinski definition) is 1. The molecule has 1 fully saturated rings. The number of halogens is 1. The maximum Gasteiger partial charge on any atom is 0.227 e. The number of fused-ring (bicyclic) bond motifs is 1. The minimum Gasteiger partial charge on any atom is -0.360 e. The SMILES string of the molecule is O=C(Cc1cccc(F)c1)N1CC(Cc2nccc3cc[nH]c23)C1. The highest BCUT2D eigenvalue weighted by Gasteiger charge is 2.31. The summed E-state index contributed by atoms with van der Waals surface area (Å²) in [6.07, 6.45) is 4.87. The standard InChI is InChI=1S/C19H18FN3O/c20-16-3-1-2-13(8-16)10-18(24)23-11-14(12-23)9-17-19-15(4-6-21-17)5-7-22-19/h1-8,14,22H,9-12H2. The average Bonchev–Trinajstić information content (AvgIpc) is 2.99. The van der Waals surface area contributed by atoms with Gasteiger partial charge in [-0.1, -0.05) is 12.1 Å². The van der Waals surface area contributed by atoms with Crippen molar-refractivity contribution in [1.82, 2.24) is 14.9 Å². The van der Waals surface area contributed by atoms with E-state index in [1.807, 2.05) is 29.4 Å². The maximum atomic E-state index is 13.2. The Morgan fingerprint density at radius 2 is 2.17 bits per heavy atom. The summed E-state index contributed by atoms with van der Waals surface area (Å²) in [6.45, 7) is 1.49. The predicted molar refractivity (Wildman–Crippen MR) is 90.0 cm³/mol. The monoisotopic (exact) mass is 323 g/mol. The number of aromatic nitrogens is 2. The summed E-state index contributed by atoms with van der Waals surface area (Å²) >= 11 is 0. The summed E-state index contributed by atoms with van der Waals surface area (Å²) in [4.78, 5) is 21.8. The van der Waals surface area contributed by atoms with E-state index in [0.29, 0.717) is 5.92 Å². The summed E-state index contributed by atoms with van der Waals surface area (Å²) in [5.74, 6) is 0.192. The lowest BCUT2D eigenvalue weighted by Gasteiger charge is -2.39. The number of carbonyl (C=O) groups excluding carboxylic acids is 1. The molecule has 2 aromatic heterocycles. The molecule has 1 aliphatic rings. The number of aromatic amines is 1. The zero-order valence-electron chi connectivity index (χ0n) is 13.2. The first-order valence-electron chi connectivity index (χ1n) is 8.12. The number of hydrogen-bond acceptors (Lipinski definition) is 2. The highest BCUT2D eigenvalue weighted by Crippen LogP contribution is 2.24. The van der Waals surface area contributed by atoms with Gasteiger partial charge in [0.1, 0.15) is 5.82 Å². The summed E-state index contributed by atoms with van der Waals surface area (Å²) < 4.78 is 13.2. The fraction of sp³-hybridized carbons (Fsp3) is 0.263. The Bertz CT molecular complexity index is 883. The molecule has 3 aromatic rings. The van der Waals surface area contributed by atoms with Gasteiger partial charge in [-0.2, -0.15) is 0 Å². The minimum atomic E-state index is -0.299. The first-order valence-corrected chi connectivity index (χ1v) is 8.12. The normalized spacial score (nSPS) is 14.8. The third-order valence-corrected chi connectivity index (χ3v) is 4.59. The quantitative estimate of drug-likeness (QED) is 0.802. The van der Waals surface area contributed by atoms with Crippen LogP contribution in [0, 0.1) is 11.7 Å². The van der Waals surface area contributed by atoms with Crippen molar-refractivity contribution in [3.05, 3.63) is 65.9 Å². The van der Waals surface area contributed by atoms with E-state index in [2.05, 4.69) is 9.97 Å². The molecule has 0 atom stereocenters. The third kappa shape index (κ3) is 2.89. The van der Waals surface area contributed by atoms with Crippen molar-refractivity contribution < 1.29 is 9.18 Å². The van der Waals surface area contributed by atoms with Crippen LogP contribution in [0.2, 0.25) is 0 Å². The van der Waals surface area contributed by atoms with E-state index in [-0.39, 0.29) is 18.1 Å². The van der Waals surface area contributed by atoms with Gasteiger partial charge in [-0.3, -0.25) is 9.78 Å². The van der Waals surface area contributed by atoms with Crippen LogP contribution in [0.25, 0.3) is 10.9 Å². The van der Waals surface area contributed by atoms with Crippen LogP contribution in [0.4, 0.5) is 4.39 Å². The zero-order valence-corrected chi connectivity index (χ0v) is 13.2. The molecule has 4 rings (SSSR count). The van der Waals surface area contributed by atoms with Crippen molar-refractivity contribution in [3.8, 4) is 0 Å². The van der Waals surface area contributed by atoms with E-state index in [1.165, 1.54) is 17.5 Å². The van der Waals surface area contributed by atoms with Crippen LogP contribution >= 0.6 is 0 Å². The molecule has 0 spiro atoms. The van der Waals surface area contributed by atoms with Gasteiger partial charge in [-0.15, -0.1) is 0 Å². The topological polar surface area (TPSA) is 49.0 Å². The highest BCUT2D eigenvalue weighted by atomic mass is 19.1. The van der Waals surface area contributed by atoms with Crippen molar-refractivity contribution in [3.63, 3.8) is 0 Å². The Balaban J connectivity index is 1.35. The Labute approximate surface area is 139 Å². The second-order valence-corrected chi connectivity index (χ2v) is 6.38. The maximum absolute atomic E-state index is 13.2. The van der Waals surface area contributed by atoms with E-state index in [0.717, 1.165) is 36.3 Å². The molecule has 1 N–H and O–H groups in total. The number of H-pyrrole nitrogens is 1. The molecule has 5 heteroatoms. The number of likely N-dealkylation sites (tertiary alicyclic amines) is 1. The van der Waals surface area contributed by atoms with Gasteiger partial charge in [-0.25, -0.2) is 4.39 Å². The van der Waals surface area contributed by atoms with E-state index >= 15 is 0 Å². The largest absolute Gasteiger partial charge is 0.360 e. The number of benzene rings is 1. The van der Waals surface area contributed by atoms with Crippen molar-refractivity contribution in [2.45, 2.75) is 12.8 Å². The Kier molecular flexibility index (Phi) is 3.76. The fourth-order valence-electron chi connectivity index (χ4n) is 3.31. The number of amides is 1. The average molecular weight is 323 g/mol. The molecule has 0 bridgehead atoms. The van der Waals surface area contributed by atoms with Crippen molar-refractivity contribution in [1.29, 1.82) is 0 Å². The summed E-state index contributed by atoms with van der Waals surface area (Å²) in [6, 6.07) is 10.3. The van der Waals surface area contributed by atoms with Gasteiger partial charge in [0.25, 0.3) is 0 Å². The van der Waals surface area contributed by atoms with E-state index in [9.17, 15) is 9.18 Å². The molecule has 1 amide bonds. The van der Waals surface area contributed by atoms with Gasteiger partial charge < -0.3 is 9.88 Å². The van der Waals surface area contributed by atoms with Crippen LogP contribution in [-0.2, 0) is 17.6 Å². The van der Waals surface area contributed by atoms with Crippen LogP contribution in [0.3, 0.4) is 0 Å². The summed E-state index contributed by atoms with van der Waals surface area (Å²) in [7, 11) is 0. The second-order valence-electron chi connectivity index (χ2n) is 6.38. The molecular formula is C19H18FN3O. The van der Waals surface area contributed by atoms with Crippen LogP contribution < -0.4 is 0 Å². The molecule has 1 aliphatic heterocycles. The second kappa shape index (κ2) is 6.07. The van der Waals surface area contributed by atoms with Crippen molar-refractivity contribution in [2.24, 2.45) is 5.92 Å². The number of rotatable bonds is 4. The molecule has 1 aromatic carbocycles. The highest BCUT2D eigenvalue weighted by molar-refractivity contribution is 5.81. The minimum absolute atomic E-state index is 0.0582. The third-order valence-electron chi connectivity index (χ3n) is 4.59. The van der Waals surface area contributed by atoms with E-state index in [4.69, 9.17) is 0 Å². The van der Waals surface area contributed by atoms with Gasteiger partial charge >= 0.3 is 0 Å². The van der Waals surface area contributed by atoms with Gasteiger partial charge in [0.2, 0.25) is 5.91 Å². The van der Waals surface area contributed by atoms with Gasteiger partial charge in [0, 0.05) is 30.9 Å². The van der Waals surface area contributed by atoms with E-state index < -0.39 is 0 Å². The van der Waals surface area contributed by atoms with Gasteiger partial charge in [-0.05, 0) is 42.2 Å². The molecule has 1 saturated heterocycles. The van der Waals surface area contributed by atoms with Crippen molar-refractivity contribution in [2.75, 3.05) is 13.1 Å². The van der Waals surface area contributed by atoms with Crippen LogP contribution in [-0.4, -0.2) is 33.9 Å². The lowest BCUT2D eigenvalue weighted by molar-refractivity contribution is -0.136. The number of pyridine rings is 1. The van der Waals surface area contributed by atoms with E-state index in [1.54, 1.807) is 12.1 Å². The smallest absolute Gasteiger partial charge is 0.227 e. The number of nitrogens with zero attached hydrogens (tertiary/aromatic N) is 2. The van der Waals surface area contributed by atoms with Gasteiger partial charge in [0.05, 0.1) is 17.6 Å². The van der Waals surface area contributed by atoms with Crippen LogP contribution in [0.1, 0.15) is 11.3 Å². The number of nitrogens with one attached hydrogen (secondary N) is 1. The molecule has 24 heavy (non-hydrogen) atoms. The molecule has 3 heterocycles. The fourth-order valence-corrected chi connectivity index (χ4v) is 3.31. The predicted octanol–water partition coefficient (Wildman–Crippen LogP) is 2.95.